The number of rotatable bonds is 5. The fourth-order valence-electron chi connectivity index (χ4n) is 3.63. The van der Waals surface area contributed by atoms with Crippen LogP contribution in [0.1, 0.15) is 46.4 Å². The highest BCUT2D eigenvalue weighted by atomic mass is 32.1. The number of hydrogen-bond donors (Lipinski definition) is 0. The summed E-state index contributed by atoms with van der Waals surface area (Å²) in [5.41, 5.74) is 1.68. The molecule has 29 heavy (non-hydrogen) atoms. The fraction of sp³-hybridized carbons (Fsp3) is 0.579. The third-order valence-electron chi connectivity index (χ3n) is 5.25. The highest BCUT2D eigenvalue weighted by Crippen LogP contribution is 2.41. The summed E-state index contributed by atoms with van der Waals surface area (Å²) >= 11 is 1.50. The Kier molecular flexibility index (Phi) is 5.30. The molecule has 4 rings (SSSR count). The number of aromatic nitrogens is 2. The molecule has 2 amide bonds. The first-order valence-electron chi connectivity index (χ1n) is 9.68. The van der Waals surface area contributed by atoms with Gasteiger partial charge in [0.15, 0.2) is 5.82 Å². The van der Waals surface area contributed by atoms with Gasteiger partial charge in [0.2, 0.25) is 5.91 Å². The summed E-state index contributed by atoms with van der Waals surface area (Å²) in [5.74, 6) is 0.685. The molecule has 0 N–H and O–H groups in total. The Morgan fingerprint density at radius 2 is 2.07 bits per heavy atom. The molecule has 0 fully saturated rings. The molecule has 4 heterocycles. The average Bonchev–Trinajstić information content (AvgIpc) is 3.30. The van der Waals surface area contributed by atoms with Crippen LogP contribution in [-0.2, 0) is 22.5 Å². The predicted octanol–water partition coefficient (Wildman–Crippen LogP) is 1.88. The van der Waals surface area contributed by atoms with E-state index >= 15 is 0 Å². The summed E-state index contributed by atoms with van der Waals surface area (Å²) in [6.45, 7) is 6.21. The Bertz CT molecular complexity index is 937. The Hall–Kier alpha value is -2.46. The van der Waals surface area contributed by atoms with Crippen molar-refractivity contribution in [2.45, 2.75) is 32.7 Å². The van der Waals surface area contributed by atoms with Gasteiger partial charge in [0.25, 0.3) is 5.91 Å². The number of likely N-dealkylation sites (N-methyl/N-ethyl adjacent to an activating group) is 1. The Balaban J connectivity index is 1.69. The summed E-state index contributed by atoms with van der Waals surface area (Å²) in [5, 5.41) is 4.77. The summed E-state index contributed by atoms with van der Waals surface area (Å²) in [4.78, 5) is 36.6. The average molecular weight is 420 g/mol. The first-order chi connectivity index (χ1) is 13.9. The van der Waals surface area contributed by atoms with Crippen molar-refractivity contribution in [2.75, 3.05) is 50.2 Å². The molecule has 0 bridgehead atoms. The molecule has 0 spiro atoms. The lowest BCUT2D eigenvalue weighted by molar-refractivity contribution is -0.119. The number of hydrogen-bond acceptors (Lipinski definition) is 8. The molecule has 0 unspecified atom stereocenters. The first kappa shape index (κ1) is 19.8. The van der Waals surface area contributed by atoms with E-state index < -0.39 is 0 Å². The molecular weight excluding hydrogens is 394 g/mol. The van der Waals surface area contributed by atoms with Gasteiger partial charge in [-0.3, -0.25) is 14.5 Å². The van der Waals surface area contributed by atoms with E-state index in [1.54, 1.807) is 19.1 Å². The molecule has 2 aliphatic rings. The summed E-state index contributed by atoms with van der Waals surface area (Å²) < 4.78 is 10.6. The molecule has 9 nitrogen and oxygen atoms in total. The minimum absolute atomic E-state index is 0.0742. The maximum Gasteiger partial charge on any atom is 0.324 e. The van der Waals surface area contributed by atoms with Crippen LogP contribution in [0.2, 0.25) is 0 Å². The van der Waals surface area contributed by atoms with Crippen molar-refractivity contribution in [1.82, 2.24) is 15.0 Å². The second kappa shape index (κ2) is 7.75. The highest BCUT2D eigenvalue weighted by molar-refractivity contribution is 7.17. The second-order valence-corrected chi connectivity index (χ2v) is 8.73. The zero-order valence-corrected chi connectivity index (χ0v) is 17.9. The summed E-state index contributed by atoms with van der Waals surface area (Å²) in [7, 11) is 3.28. The van der Waals surface area contributed by atoms with E-state index in [1.165, 1.54) is 16.2 Å². The van der Waals surface area contributed by atoms with Crippen LogP contribution in [-0.4, -0.2) is 67.3 Å². The van der Waals surface area contributed by atoms with Gasteiger partial charge in [0.1, 0.15) is 11.5 Å². The van der Waals surface area contributed by atoms with Crippen LogP contribution in [0.15, 0.2) is 4.52 Å². The third-order valence-corrected chi connectivity index (χ3v) is 6.49. The minimum atomic E-state index is -0.0981. The number of nitrogens with zero attached hydrogens (tertiary/aromatic N) is 5. The van der Waals surface area contributed by atoms with Crippen molar-refractivity contribution in [3.63, 3.8) is 0 Å². The Morgan fingerprint density at radius 3 is 2.76 bits per heavy atom. The van der Waals surface area contributed by atoms with Crippen LogP contribution in [0.5, 0.6) is 0 Å². The van der Waals surface area contributed by atoms with Crippen LogP contribution < -0.4 is 9.80 Å². The molecule has 0 saturated carbocycles. The number of thiophene rings is 1. The van der Waals surface area contributed by atoms with Gasteiger partial charge in [-0.1, -0.05) is 19.0 Å². The lowest BCUT2D eigenvalue weighted by atomic mass is 10.0. The lowest BCUT2D eigenvalue weighted by Gasteiger charge is -2.25. The number of anilines is 2. The van der Waals surface area contributed by atoms with E-state index in [0.29, 0.717) is 50.1 Å². The van der Waals surface area contributed by atoms with Crippen LogP contribution in [0.3, 0.4) is 0 Å². The molecule has 156 valence electrons. The molecule has 0 saturated heterocycles. The summed E-state index contributed by atoms with van der Waals surface area (Å²) in [6, 6.07) is 0.499. The van der Waals surface area contributed by atoms with Crippen molar-refractivity contribution in [3.8, 4) is 0 Å². The molecule has 0 aliphatic carbocycles. The smallest absolute Gasteiger partial charge is 0.324 e. The van der Waals surface area contributed by atoms with Crippen molar-refractivity contribution in [1.29, 1.82) is 0 Å². The van der Waals surface area contributed by atoms with Gasteiger partial charge in [0, 0.05) is 31.5 Å². The van der Waals surface area contributed by atoms with Crippen LogP contribution in [0.4, 0.5) is 11.0 Å². The molecule has 2 aliphatic heterocycles. The third kappa shape index (κ3) is 3.51. The van der Waals surface area contributed by atoms with E-state index in [2.05, 4.69) is 10.1 Å². The van der Waals surface area contributed by atoms with Crippen molar-refractivity contribution >= 4 is 34.2 Å². The largest absolute Gasteiger partial charge is 0.383 e. The van der Waals surface area contributed by atoms with Gasteiger partial charge in [0.05, 0.1) is 25.3 Å². The Morgan fingerprint density at radius 1 is 1.28 bits per heavy atom. The van der Waals surface area contributed by atoms with Crippen molar-refractivity contribution in [2.24, 2.45) is 0 Å². The maximum absolute atomic E-state index is 13.0. The van der Waals surface area contributed by atoms with Crippen molar-refractivity contribution < 1.29 is 18.8 Å². The number of fused-ring (bicyclic) bond motifs is 3. The number of amides is 2. The lowest BCUT2D eigenvalue weighted by Crippen LogP contribution is -2.39. The van der Waals surface area contributed by atoms with E-state index in [1.807, 2.05) is 18.7 Å². The molecule has 2 aromatic heterocycles. The highest BCUT2D eigenvalue weighted by Gasteiger charge is 2.37. The van der Waals surface area contributed by atoms with Gasteiger partial charge >= 0.3 is 6.01 Å². The van der Waals surface area contributed by atoms with Gasteiger partial charge in [-0.2, -0.15) is 4.98 Å². The number of carbonyl (C=O) groups is 2. The SMILES string of the molecule is COCCN1C(=O)CN(C)C(=O)c2c1sc1c2CCN(c2nc(C(C)C)no2)C1. The number of ether oxygens (including phenoxy) is 1. The predicted molar refractivity (Wildman–Crippen MR) is 109 cm³/mol. The number of carbonyl (C=O) groups excluding carboxylic acids is 2. The maximum atomic E-state index is 13.0. The Labute approximate surface area is 173 Å². The van der Waals surface area contributed by atoms with Crippen molar-refractivity contribution in [3.05, 3.63) is 21.8 Å². The minimum Gasteiger partial charge on any atom is -0.383 e. The topological polar surface area (TPSA) is 92.0 Å². The van der Waals surface area contributed by atoms with E-state index in [-0.39, 0.29) is 24.3 Å². The van der Waals surface area contributed by atoms with Crippen LogP contribution >= 0.6 is 11.3 Å². The molecule has 2 aromatic rings. The van der Waals surface area contributed by atoms with E-state index in [4.69, 9.17) is 9.26 Å². The van der Waals surface area contributed by atoms with Gasteiger partial charge in [-0.25, -0.2) is 0 Å². The van der Waals surface area contributed by atoms with Crippen LogP contribution in [0.25, 0.3) is 0 Å². The molecule has 0 atom stereocenters. The molecular formula is C19H25N5O4S. The second-order valence-electron chi connectivity index (χ2n) is 7.64. The molecule has 0 aromatic carbocycles. The van der Waals surface area contributed by atoms with Gasteiger partial charge < -0.3 is 19.1 Å². The monoisotopic (exact) mass is 419 g/mol. The van der Waals surface area contributed by atoms with Gasteiger partial charge in [-0.05, 0) is 12.0 Å². The molecule has 0 radical (unpaired) electrons. The standard InChI is InChI=1S/C19H25N5O4S/c1-11(2)16-20-19(28-21-16)23-6-5-12-13(9-23)29-18-15(12)17(26)22(3)10-14(25)24(18)7-8-27-4/h11H,5-10H2,1-4H3. The normalized spacial score (nSPS) is 17.1. The van der Waals surface area contributed by atoms with E-state index in [9.17, 15) is 9.59 Å². The quantitative estimate of drug-likeness (QED) is 0.731. The zero-order valence-electron chi connectivity index (χ0n) is 17.1. The zero-order chi connectivity index (χ0) is 20.7. The molecule has 10 heteroatoms. The number of methoxy groups -OCH3 is 1. The van der Waals surface area contributed by atoms with Gasteiger partial charge in [-0.15, -0.1) is 11.3 Å². The van der Waals surface area contributed by atoms with Crippen LogP contribution in [0, 0.1) is 0 Å². The first-order valence-corrected chi connectivity index (χ1v) is 10.5. The summed E-state index contributed by atoms with van der Waals surface area (Å²) in [6.07, 6.45) is 0.687. The fourth-order valence-corrected chi connectivity index (χ4v) is 5.02. The van der Waals surface area contributed by atoms with E-state index in [0.717, 1.165) is 15.4 Å².